The summed E-state index contributed by atoms with van der Waals surface area (Å²) in [7, 11) is 0. The van der Waals surface area contributed by atoms with Gasteiger partial charge in [0.25, 0.3) is 5.56 Å². The Bertz CT molecular complexity index is 919. The summed E-state index contributed by atoms with van der Waals surface area (Å²) in [4.78, 5) is 16.7. The highest BCUT2D eigenvalue weighted by atomic mass is 35.5. The van der Waals surface area contributed by atoms with Crippen LogP contribution < -0.4 is 10.9 Å². The Morgan fingerprint density at radius 2 is 2.17 bits per heavy atom. The number of rotatable bonds is 5. The molecule has 0 saturated carbocycles. The van der Waals surface area contributed by atoms with Crippen molar-refractivity contribution in [1.82, 2.24) is 9.55 Å². The van der Waals surface area contributed by atoms with Crippen LogP contribution in [0.15, 0.2) is 35.3 Å². The van der Waals surface area contributed by atoms with Gasteiger partial charge in [0.1, 0.15) is 9.34 Å². The lowest BCUT2D eigenvalue weighted by atomic mass is 10.1. The van der Waals surface area contributed by atoms with Gasteiger partial charge in [-0.2, -0.15) is 0 Å². The SMILES string of the molecule is CC(Nc1ccc2ccn(CCO)c(=O)c2c1)c1nc(Cl)c(Cl)s1. The highest BCUT2D eigenvalue weighted by Crippen LogP contribution is 2.32. The monoisotopic (exact) mass is 383 g/mol. The number of fused-ring (bicyclic) bond motifs is 1. The fourth-order valence-corrected chi connectivity index (χ4v) is 3.67. The molecule has 5 nitrogen and oxygen atoms in total. The molecule has 2 N–H and O–H groups in total. The summed E-state index contributed by atoms with van der Waals surface area (Å²) in [6.45, 7) is 2.15. The van der Waals surface area contributed by atoms with Gasteiger partial charge in [0.15, 0.2) is 5.15 Å². The number of nitrogens with one attached hydrogen (secondary N) is 1. The highest BCUT2D eigenvalue weighted by molar-refractivity contribution is 7.16. The normalized spacial score (nSPS) is 12.5. The Kier molecular flexibility index (Phi) is 5.10. The first kappa shape index (κ1) is 17.2. The average Bonchev–Trinajstić information content (AvgIpc) is 2.90. The van der Waals surface area contributed by atoms with Gasteiger partial charge < -0.3 is 15.0 Å². The van der Waals surface area contributed by atoms with Crippen LogP contribution in [-0.4, -0.2) is 21.3 Å². The minimum absolute atomic E-state index is 0.0774. The average molecular weight is 384 g/mol. The zero-order valence-electron chi connectivity index (χ0n) is 12.8. The molecule has 1 unspecified atom stereocenters. The third-order valence-electron chi connectivity index (χ3n) is 3.64. The number of thiazole rings is 1. The van der Waals surface area contributed by atoms with Crippen molar-refractivity contribution >= 4 is 51.0 Å². The van der Waals surface area contributed by atoms with Crippen molar-refractivity contribution in [2.75, 3.05) is 11.9 Å². The van der Waals surface area contributed by atoms with E-state index >= 15 is 0 Å². The minimum atomic E-state index is -0.127. The van der Waals surface area contributed by atoms with Gasteiger partial charge in [0.05, 0.1) is 12.6 Å². The van der Waals surface area contributed by atoms with Crippen molar-refractivity contribution in [2.24, 2.45) is 0 Å². The van der Waals surface area contributed by atoms with E-state index in [0.717, 1.165) is 16.1 Å². The maximum Gasteiger partial charge on any atom is 0.258 e. The number of benzene rings is 1. The van der Waals surface area contributed by atoms with Crippen LogP contribution in [0, 0.1) is 0 Å². The number of aliphatic hydroxyl groups excluding tert-OH is 1. The van der Waals surface area contributed by atoms with Gasteiger partial charge in [0.2, 0.25) is 0 Å². The van der Waals surface area contributed by atoms with Crippen molar-refractivity contribution in [3.63, 3.8) is 0 Å². The van der Waals surface area contributed by atoms with Crippen molar-refractivity contribution in [1.29, 1.82) is 0 Å². The molecule has 0 amide bonds. The van der Waals surface area contributed by atoms with Gasteiger partial charge in [0, 0.05) is 23.8 Å². The molecular weight excluding hydrogens is 369 g/mol. The van der Waals surface area contributed by atoms with Crippen LogP contribution in [0.2, 0.25) is 9.49 Å². The molecule has 3 rings (SSSR count). The first-order chi connectivity index (χ1) is 11.5. The molecule has 8 heteroatoms. The van der Waals surface area contributed by atoms with Gasteiger partial charge in [-0.05, 0) is 30.5 Å². The Morgan fingerprint density at radius 1 is 1.38 bits per heavy atom. The second-order valence-electron chi connectivity index (χ2n) is 5.32. The number of anilines is 1. The van der Waals surface area contributed by atoms with E-state index in [1.165, 1.54) is 15.9 Å². The zero-order valence-corrected chi connectivity index (χ0v) is 15.1. The van der Waals surface area contributed by atoms with Gasteiger partial charge in [-0.3, -0.25) is 4.79 Å². The molecule has 0 aliphatic heterocycles. The van der Waals surface area contributed by atoms with Crippen LogP contribution >= 0.6 is 34.5 Å². The van der Waals surface area contributed by atoms with E-state index < -0.39 is 0 Å². The summed E-state index contributed by atoms with van der Waals surface area (Å²) in [5.41, 5.74) is 0.675. The Hall–Kier alpha value is -1.60. The zero-order chi connectivity index (χ0) is 17.3. The van der Waals surface area contributed by atoms with Gasteiger partial charge in [-0.1, -0.05) is 29.3 Å². The van der Waals surface area contributed by atoms with Crippen LogP contribution in [0.4, 0.5) is 5.69 Å². The van der Waals surface area contributed by atoms with Crippen molar-refractivity contribution in [3.05, 3.63) is 55.3 Å². The van der Waals surface area contributed by atoms with Crippen LogP contribution in [0.5, 0.6) is 0 Å². The van der Waals surface area contributed by atoms with Crippen LogP contribution in [-0.2, 0) is 6.54 Å². The summed E-state index contributed by atoms with van der Waals surface area (Å²) >= 11 is 13.2. The van der Waals surface area contributed by atoms with Crippen LogP contribution in [0.1, 0.15) is 18.0 Å². The maximum absolute atomic E-state index is 12.5. The summed E-state index contributed by atoms with van der Waals surface area (Å²) in [5, 5.41) is 14.9. The standard InChI is InChI=1S/C16H15Cl2N3O2S/c1-9(15-20-13(17)14(18)24-15)19-11-3-2-10-4-5-21(6-7-22)16(23)12(10)8-11/h2-5,8-9,19,22H,6-7H2,1H3. The Balaban J connectivity index is 1.92. The summed E-state index contributed by atoms with van der Waals surface area (Å²) in [6.07, 6.45) is 1.69. The van der Waals surface area contributed by atoms with Gasteiger partial charge in [-0.15, -0.1) is 11.3 Å². The number of aliphatic hydroxyl groups is 1. The van der Waals surface area contributed by atoms with E-state index in [4.69, 9.17) is 28.3 Å². The number of hydrogen-bond acceptors (Lipinski definition) is 5. The second kappa shape index (κ2) is 7.11. The summed E-state index contributed by atoms with van der Waals surface area (Å²) < 4.78 is 1.96. The molecule has 0 saturated heterocycles. The fourth-order valence-electron chi connectivity index (χ4n) is 2.45. The third kappa shape index (κ3) is 3.42. The van der Waals surface area contributed by atoms with Crippen molar-refractivity contribution < 1.29 is 5.11 Å². The Labute approximate surface area is 152 Å². The quantitative estimate of drug-likeness (QED) is 0.700. The molecule has 0 spiro atoms. The summed E-state index contributed by atoms with van der Waals surface area (Å²) in [6, 6.07) is 7.36. The minimum Gasteiger partial charge on any atom is -0.395 e. The molecule has 2 aromatic heterocycles. The lowest BCUT2D eigenvalue weighted by molar-refractivity contribution is 0.274. The predicted molar refractivity (Wildman–Crippen MR) is 99.5 cm³/mol. The first-order valence-corrected chi connectivity index (χ1v) is 8.89. The molecule has 24 heavy (non-hydrogen) atoms. The summed E-state index contributed by atoms with van der Waals surface area (Å²) in [5.74, 6) is 0. The number of nitrogens with zero attached hydrogens (tertiary/aromatic N) is 2. The molecule has 1 aromatic carbocycles. The third-order valence-corrected chi connectivity index (χ3v) is 5.56. The van der Waals surface area contributed by atoms with E-state index in [9.17, 15) is 4.79 Å². The second-order valence-corrected chi connectivity index (χ2v) is 7.31. The number of halogens is 2. The van der Waals surface area contributed by atoms with Gasteiger partial charge >= 0.3 is 0 Å². The highest BCUT2D eigenvalue weighted by Gasteiger charge is 2.14. The lowest BCUT2D eigenvalue weighted by Crippen LogP contribution is -2.21. The molecule has 1 atom stereocenters. The first-order valence-electron chi connectivity index (χ1n) is 7.32. The number of hydrogen-bond donors (Lipinski definition) is 2. The van der Waals surface area contributed by atoms with Crippen molar-refractivity contribution in [3.8, 4) is 0 Å². The molecule has 126 valence electrons. The van der Waals surface area contributed by atoms with Gasteiger partial charge in [-0.25, -0.2) is 4.98 Å². The molecule has 2 heterocycles. The molecule has 0 aliphatic carbocycles. The lowest BCUT2D eigenvalue weighted by Gasteiger charge is -2.13. The smallest absolute Gasteiger partial charge is 0.258 e. The number of pyridine rings is 1. The largest absolute Gasteiger partial charge is 0.395 e. The van der Waals surface area contributed by atoms with E-state index in [1.807, 2.05) is 25.1 Å². The molecule has 0 fully saturated rings. The van der Waals surface area contributed by atoms with E-state index in [-0.39, 0.29) is 24.8 Å². The van der Waals surface area contributed by atoms with Crippen molar-refractivity contribution in [2.45, 2.75) is 19.5 Å². The van der Waals surface area contributed by atoms with Crippen LogP contribution in [0.3, 0.4) is 0 Å². The molecule has 3 aromatic rings. The molecule has 0 aliphatic rings. The number of aromatic nitrogens is 2. The molecule has 0 radical (unpaired) electrons. The van der Waals surface area contributed by atoms with E-state index in [1.54, 1.807) is 12.3 Å². The molecular formula is C16H15Cl2N3O2S. The molecule has 0 bridgehead atoms. The fraction of sp³-hybridized carbons (Fsp3) is 0.250. The predicted octanol–water partition coefficient (Wildman–Crippen LogP) is 3.93. The topological polar surface area (TPSA) is 67.2 Å². The van der Waals surface area contributed by atoms with Crippen LogP contribution in [0.25, 0.3) is 10.8 Å². The van der Waals surface area contributed by atoms with E-state index in [2.05, 4.69) is 10.3 Å². The maximum atomic E-state index is 12.5. The Morgan fingerprint density at radius 3 is 2.83 bits per heavy atom. The van der Waals surface area contributed by atoms with E-state index in [0.29, 0.717) is 14.9 Å².